The number of imidazole rings is 1. The fourth-order valence-corrected chi connectivity index (χ4v) is 6.17. The van der Waals surface area contributed by atoms with E-state index in [1.54, 1.807) is 11.3 Å². The van der Waals surface area contributed by atoms with Crippen LogP contribution in [0.25, 0.3) is 4.96 Å². The normalized spacial score (nSPS) is 37.7. The van der Waals surface area contributed by atoms with Crippen LogP contribution < -0.4 is 5.32 Å². The minimum atomic E-state index is 0.739. The number of aryl methyl sites for hydroxylation is 1. The summed E-state index contributed by atoms with van der Waals surface area (Å²) in [4.78, 5) is 5.50. The van der Waals surface area contributed by atoms with E-state index in [9.17, 15) is 0 Å². The fraction of sp³-hybridized carbons (Fsp3) is 0.750. The highest BCUT2D eigenvalue weighted by molar-refractivity contribution is 7.16. The molecule has 4 nitrogen and oxygen atoms in total. The number of nitrogens with zero attached hydrogens (tertiary/aromatic N) is 3. The Bertz CT molecular complexity index is 645. The summed E-state index contributed by atoms with van der Waals surface area (Å²) in [6, 6.07) is 0.739. The first-order valence-electron chi connectivity index (χ1n) is 8.29. The molecule has 0 amide bonds. The van der Waals surface area contributed by atoms with Crippen LogP contribution in [0.3, 0.4) is 0 Å². The second-order valence-corrected chi connectivity index (χ2v) is 8.56. The molecule has 1 N–H and O–H groups in total. The number of hydrogen-bond donors (Lipinski definition) is 1. The van der Waals surface area contributed by atoms with Gasteiger partial charge in [-0.05, 0) is 62.7 Å². The molecule has 4 fully saturated rings. The number of hydrogen-bond acceptors (Lipinski definition) is 4. The van der Waals surface area contributed by atoms with E-state index >= 15 is 0 Å². The van der Waals surface area contributed by atoms with Crippen molar-refractivity contribution in [1.82, 2.24) is 19.9 Å². The molecule has 0 unspecified atom stereocenters. The van der Waals surface area contributed by atoms with E-state index in [0.29, 0.717) is 0 Å². The molecule has 4 bridgehead atoms. The van der Waals surface area contributed by atoms with Gasteiger partial charge in [0.2, 0.25) is 4.96 Å². The van der Waals surface area contributed by atoms with Gasteiger partial charge in [-0.2, -0.15) is 5.10 Å². The molecule has 4 aliphatic carbocycles. The third-order valence-corrected chi connectivity index (χ3v) is 6.84. The summed E-state index contributed by atoms with van der Waals surface area (Å²) >= 11 is 1.67. The van der Waals surface area contributed by atoms with Gasteiger partial charge in [0.15, 0.2) is 0 Å². The van der Waals surface area contributed by atoms with Gasteiger partial charge in [0.05, 0.1) is 11.9 Å². The molecule has 0 radical (unpaired) electrons. The van der Waals surface area contributed by atoms with Crippen molar-refractivity contribution in [1.29, 1.82) is 0 Å². The summed E-state index contributed by atoms with van der Waals surface area (Å²) in [7, 11) is 0. The van der Waals surface area contributed by atoms with Gasteiger partial charge in [0, 0.05) is 12.6 Å². The van der Waals surface area contributed by atoms with Crippen LogP contribution in [0.15, 0.2) is 6.20 Å². The Labute approximate surface area is 129 Å². The zero-order chi connectivity index (χ0) is 14.0. The standard InChI is InChI=1S/C16H22N4S/c1-9-19-20-14(8-18-16(20)21-9)7-17-15-12-3-10-2-11(5-12)6-13(15)4-10/h8,10-13,15,17H,2-7H2,1H3. The molecular weight excluding hydrogens is 280 g/mol. The zero-order valence-electron chi connectivity index (χ0n) is 12.5. The second kappa shape index (κ2) is 4.53. The summed E-state index contributed by atoms with van der Waals surface area (Å²) in [5.41, 5.74) is 1.21. The van der Waals surface area contributed by atoms with Gasteiger partial charge < -0.3 is 5.32 Å². The number of aromatic nitrogens is 3. The van der Waals surface area contributed by atoms with Gasteiger partial charge in [-0.15, -0.1) is 0 Å². The lowest BCUT2D eigenvalue weighted by molar-refractivity contribution is -0.0144. The highest BCUT2D eigenvalue weighted by Crippen LogP contribution is 2.53. The van der Waals surface area contributed by atoms with Crippen LogP contribution in [0.4, 0.5) is 0 Å². The highest BCUT2D eigenvalue weighted by Gasteiger charge is 2.47. The summed E-state index contributed by atoms with van der Waals surface area (Å²) in [5.74, 6) is 3.96. The van der Waals surface area contributed by atoms with Crippen molar-refractivity contribution in [2.24, 2.45) is 23.7 Å². The van der Waals surface area contributed by atoms with Crippen LogP contribution in [0, 0.1) is 30.6 Å². The van der Waals surface area contributed by atoms with Gasteiger partial charge in [-0.1, -0.05) is 11.3 Å². The van der Waals surface area contributed by atoms with E-state index in [4.69, 9.17) is 0 Å². The smallest absolute Gasteiger partial charge is 0.212 e. The van der Waals surface area contributed by atoms with E-state index in [1.165, 1.54) is 37.8 Å². The van der Waals surface area contributed by atoms with Crippen LogP contribution >= 0.6 is 11.3 Å². The largest absolute Gasteiger partial charge is 0.308 e. The van der Waals surface area contributed by atoms with Crippen LogP contribution in [-0.4, -0.2) is 20.6 Å². The predicted octanol–water partition coefficient (Wildman–Crippen LogP) is 3.01. The maximum Gasteiger partial charge on any atom is 0.212 e. The van der Waals surface area contributed by atoms with Gasteiger partial charge >= 0.3 is 0 Å². The van der Waals surface area contributed by atoms with Crippen LogP contribution in [0.5, 0.6) is 0 Å². The molecule has 0 saturated heterocycles. The molecule has 21 heavy (non-hydrogen) atoms. The van der Waals surface area contributed by atoms with Crippen molar-refractivity contribution in [3.8, 4) is 0 Å². The molecule has 0 atom stereocenters. The monoisotopic (exact) mass is 302 g/mol. The quantitative estimate of drug-likeness (QED) is 0.947. The molecule has 0 spiro atoms. The Kier molecular flexibility index (Phi) is 2.71. The molecule has 0 aromatic carbocycles. The fourth-order valence-electron chi connectivity index (χ4n) is 5.43. The van der Waals surface area contributed by atoms with Gasteiger partial charge in [0.1, 0.15) is 5.01 Å². The van der Waals surface area contributed by atoms with Crippen molar-refractivity contribution in [2.75, 3.05) is 0 Å². The van der Waals surface area contributed by atoms with Crippen LogP contribution in [-0.2, 0) is 6.54 Å². The average Bonchev–Trinajstić information content (AvgIpc) is 2.97. The highest BCUT2D eigenvalue weighted by atomic mass is 32.1. The van der Waals surface area contributed by atoms with E-state index in [0.717, 1.165) is 46.2 Å². The van der Waals surface area contributed by atoms with Crippen molar-refractivity contribution >= 4 is 16.3 Å². The van der Waals surface area contributed by atoms with E-state index in [-0.39, 0.29) is 0 Å². The molecule has 5 heteroatoms. The maximum atomic E-state index is 4.56. The van der Waals surface area contributed by atoms with Gasteiger partial charge in [0.25, 0.3) is 0 Å². The number of nitrogens with one attached hydrogen (secondary N) is 1. The van der Waals surface area contributed by atoms with Crippen molar-refractivity contribution < 1.29 is 0 Å². The minimum absolute atomic E-state index is 0.739. The average molecular weight is 302 g/mol. The van der Waals surface area contributed by atoms with E-state index in [2.05, 4.69) is 15.4 Å². The van der Waals surface area contributed by atoms with Crippen molar-refractivity contribution in [3.05, 3.63) is 16.9 Å². The molecule has 4 saturated carbocycles. The molecule has 0 aliphatic heterocycles. The van der Waals surface area contributed by atoms with Crippen LogP contribution in [0.2, 0.25) is 0 Å². The maximum absolute atomic E-state index is 4.56. The Balaban J connectivity index is 1.34. The van der Waals surface area contributed by atoms with Crippen molar-refractivity contribution in [3.63, 3.8) is 0 Å². The molecule has 112 valence electrons. The zero-order valence-corrected chi connectivity index (χ0v) is 13.3. The van der Waals surface area contributed by atoms with E-state index < -0.39 is 0 Å². The Morgan fingerprint density at radius 2 is 1.90 bits per heavy atom. The summed E-state index contributed by atoms with van der Waals surface area (Å²) in [6.45, 7) is 2.96. The predicted molar refractivity (Wildman–Crippen MR) is 83.3 cm³/mol. The van der Waals surface area contributed by atoms with Gasteiger partial charge in [-0.25, -0.2) is 9.50 Å². The number of rotatable bonds is 3. The molecule has 2 aromatic rings. The van der Waals surface area contributed by atoms with Crippen molar-refractivity contribution in [2.45, 2.75) is 51.6 Å². The molecule has 2 aromatic heterocycles. The molecule has 2 heterocycles. The second-order valence-electron chi connectivity index (χ2n) is 7.40. The number of fused-ring (bicyclic) bond motifs is 1. The third kappa shape index (κ3) is 1.97. The first-order chi connectivity index (χ1) is 10.3. The first-order valence-corrected chi connectivity index (χ1v) is 9.11. The Hall–Kier alpha value is -0.940. The minimum Gasteiger partial charge on any atom is -0.308 e. The lowest BCUT2D eigenvalue weighted by atomic mass is 9.54. The van der Waals surface area contributed by atoms with Gasteiger partial charge in [-0.3, -0.25) is 0 Å². The summed E-state index contributed by atoms with van der Waals surface area (Å²) in [5, 5.41) is 9.52. The topological polar surface area (TPSA) is 42.2 Å². The molecule has 6 rings (SSSR count). The summed E-state index contributed by atoms with van der Waals surface area (Å²) < 4.78 is 2.02. The SMILES string of the molecule is Cc1nn2c(CNC3C4CC5CC(C4)CC3C5)cnc2s1. The summed E-state index contributed by atoms with van der Waals surface area (Å²) in [6.07, 6.45) is 9.41. The van der Waals surface area contributed by atoms with Crippen LogP contribution in [0.1, 0.15) is 42.8 Å². The first kappa shape index (κ1) is 12.6. The lowest BCUT2D eigenvalue weighted by Gasteiger charge is -2.54. The molecular formula is C16H22N4S. The Morgan fingerprint density at radius 3 is 2.62 bits per heavy atom. The third-order valence-electron chi connectivity index (χ3n) is 6.00. The Morgan fingerprint density at radius 1 is 1.19 bits per heavy atom. The van der Waals surface area contributed by atoms with E-state index in [1.807, 2.05) is 17.6 Å². The molecule has 4 aliphatic rings. The lowest BCUT2D eigenvalue weighted by Crippen LogP contribution is -2.54.